The van der Waals surface area contributed by atoms with Crippen LogP contribution in [0.2, 0.25) is 0 Å². The van der Waals surface area contributed by atoms with Gasteiger partial charge in [0.1, 0.15) is 23.6 Å². The minimum atomic E-state index is -0.281. The number of carbonyl (C=O) groups is 3. The van der Waals surface area contributed by atoms with Gasteiger partial charge in [0.25, 0.3) is 0 Å². The van der Waals surface area contributed by atoms with Crippen LogP contribution in [0, 0.1) is 34.5 Å². The fraction of sp³-hybridized carbons (Fsp3) is 0.880. The Morgan fingerprint density at radius 2 is 1.65 bits per heavy atom. The molecule has 31 heavy (non-hydrogen) atoms. The first-order valence-electron chi connectivity index (χ1n) is 12.0. The van der Waals surface area contributed by atoms with Gasteiger partial charge in [-0.3, -0.25) is 14.4 Å². The second-order valence-electron chi connectivity index (χ2n) is 11.5. The molecule has 0 bridgehead atoms. The van der Waals surface area contributed by atoms with E-state index in [-0.39, 0.29) is 64.3 Å². The molecule has 5 fully saturated rings. The molecule has 6 heteroatoms. The van der Waals surface area contributed by atoms with Gasteiger partial charge in [-0.25, -0.2) is 0 Å². The zero-order chi connectivity index (χ0) is 22.3. The molecule has 172 valence electrons. The second kappa shape index (κ2) is 6.79. The van der Waals surface area contributed by atoms with E-state index in [0.29, 0.717) is 11.8 Å². The summed E-state index contributed by atoms with van der Waals surface area (Å²) in [7, 11) is 0. The summed E-state index contributed by atoms with van der Waals surface area (Å²) in [6.07, 6.45) is 6.07. The Kier molecular flexibility index (Phi) is 4.69. The Balaban J connectivity index is 1.51. The fourth-order valence-electron chi connectivity index (χ4n) is 9.05. The van der Waals surface area contributed by atoms with Gasteiger partial charge in [-0.1, -0.05) is 13.8 Å². The quantitative estimate of drug-likeness (QED) is 0.498. The van der Waals surface area contributed by atoms with Crippen LogP contribution in [0.15, 0.2) is 0 Å². The van der Waals surface area contributed by atoms with Gasteiger partial charge in [0.15, 0.2) is 0 Å². The van der Waals surface area contributed by atoms with Crippen molar-refractivity contribution in [2.45, 2.75) is 103 Å². The summed E-state index contributed by atoms with van der Waals surface area (Å²) >= 11 is 0. The van der Waals surface area contributed by atoms with E-state index in [2.05, 4.69) is 13.8 Å². The molecule has 5 rings (SSSR count). The van der Waals surface area contributed by atoms with Crippen LogP contribution in [0.4, 0.5) is 0 Å². The molecule has 0 aromatic heterocycles. The molecule has 10 atom stereocenters. The Labute approximate surface area is 184 Å². The molecule has 5 aliphatic rings. The lowest BCUT2D eigenvalue weighted by Gasteiger charge is -2.61. The predicted octanol–water partition coefficient (Wildman–Crippen LogP) is 3.84. The van der Waals surface area contributed by atoms with E-state index < -0.39 is 0 Å². The maximum absolute atomic E-state index is 12.5. The number of epoxide rings is 1. The maximum atomic E-state index is 12.5. The number of hydrogen-bond acceptors (Lipinski definition) is 6. The molecule has 4 saturated carbocycles. The van der Waals surface area contributed by atoms with Crippen LogP contribution >= 0.6 is 0 Å². The fourth-order valence-corrected chi connectivity index (χ4v) is 9.05. The molecule has 6 nitrogen and oxygen atoms in total. The molecule has 0 radical (unpaired) electrons. The average Bonchev–Trinajstić information content (AvgIpc) is 3.22. The minimum absolute atomic E-state index is 0.0517. The molecule has 4 aliphatic carbocycles. The van der Waals surface area contributed by atoms with Crippen molar-refractivity contribution in [1.82, 2.24) is 0 Å². The normalized spacial score (nSPS) is 52.1. The number of ether oxygens (including phenoxy) is 3. The van der Waals surface area contributed by atoms with E-state index in [9.17, 15) is 14.4 Å². The standard InChI is InChI=1S/C25H36O6/c1-13(26)18-6-7-19-17-10-21-25(31-21)11-16(29-14(2)27)8-9-24(25,5)22(17)20(30-15(3)28)12-23(18,19)4/h16-22H,6-12H2,1-5H3/t16-,17-,18+,19+,20-,21+,22-,23+,24-,25+/m1/s1. The SMILES string of the molecule is CC(=O)O[C@@H]1CC[C@]2(C)[C@@H]3[C@H](C[C@@H]4O[C@@]42C1)[C@@H]1CC[C@@H](C(C)=O)[C@]1(C)C[C@H]3OC(C)=O. The van der Waals surface area contributed by atoms with Gasteiger partial charge in [-0.2, -0.15) is 0 Å². The first-order valence-corrected chi connectivity index (χ1v) is 12.0. The van der Waals surface area contributed by atoms with E-state index >= 15 is 0 Å². The van der Waals surface area contributed by atoms with Crippen molar-refractivity contribution in [2.24, 2.45) is 34.5 Å². The van der Waals surface area contributed by atoms with Crippen molar-refractivity contribution in [1.29, 1.82) is 0 Å². The molecule has 1 spiro atoms. The van der Waals surface area contributed by atoms with Gasteiger partial charge in [-0.05, 0) is 62.7 Å². The monoisotopic (exact) mass is 432 g/mol. The van der Waals surface area contributed by atoms with Crippen molar-refractivity contribution < 1.29 is 28.6 Å². The summed E-state index contributed by atoms with van der Waals surface area (Å²) in [5.41, 5.74) is -0.516. The molecule has 0 amide bonds. The molecule has 0 N–H and O–H groups in total. The van der Waals surface area contributed by atoms with E-state index in [1.54, 1.807) is 6.92 Å². The number of rotatable bonds is 3. The molecular formula is C25H36O6. The average molecular weight is 433 g/mol. The highest BCUT2D eigenvalue weighted by atomic mass is 16.6. The molecule has 0 aromatic carbocycles. The molecule has 0 aromatic rings. The Hall–Kier alpha value is -1.43. The van der Waals surface area contributed by atoms with Gasteiger partial charge in [0.05, 0.1) is 6.10 Å². The van der Waals surface area contributed by atoms with Crippen molar-refractivity contribution in [3.05, 3.63) is 0 Å². The summed E-state index contributed by atoms with van der Waals surface area (Å²) in [6.45, 7) is 9.27. The lowest BCUT2D eigenvalue weighted by atomic mass is 9.43. The number of carbonyl (C=O) groups excluding carboxylic acids is 3. The van der Waals surface area contributed by atoms with Crippen molar-refractivity contribution >= 4 is 17.7 Å². The van der Waals surface area contributed by atoms with Crippen molar-refractivity contribution in [3.63, 3.8) is 0 Å². The summed E-state index contributed by atoms with van der Waals surface area (Å²) in [5.74, 6) is 0.919. The minimum Gasteiger partial charge on any atom is -0.462 e. The second-order valence-corrected chi connectivity index (χ2v) is 11.5. The zero-order valence-electron chi connectivity index (χ0n) is 19.4. The smallest absolute Gasteiger partial charge is 0.302 e. The lowest BCUT2D eigenvalue weighted by Crippen LogP contribution is -2.63. The molecule has 0 unspecified atom stereocenters. The van der Waals surface area contributed by atoms with E-state index in [0.717, 1.165) is 44.9 Å². The van der Waals surface area contributed by atoms with Crippen LogP contribution in [0.5, 0.6) is 0 Å². The van der Waals surface area contributed by atoms with Crippen molar-refractivity contribution in [3.8, 4) is 0 Å². The number of Topliss-reactive ketones (excluding diaryl/α,β-unsaturated/α-hetero) is 1. The summed E-state index contributed by atoms with van der Waals surface area (Å²) in [5, 5.41) is 0. The predicted molar refractivity (Wildman–Crippen MR) is 112 cm³/mol. The van der Waals surface area contributed by atoms with Crippen LogP contribution < -0.4 is 0 Å². The van der Waals surface area contributed by atoms with Crippen LogP contribution in [-0.2, 0) is 28.6 Å². The molecule has 1 aliphatic heterocycles. The Morgan fingerprint density at radius 1 is 0.935 bits per heavy atom. The van der Waals surface area contributed by atoms with Crippen LogP contribution in [0.1, 0.15) is 79.6 Å². The van der Waals surface area contributed by atoms with E-state index in [4.69, 9.17) is 14.2 Å². The first kappa shape index (κ1) is 21.4. The first-order chi connectivity index (χ1) is 14.5. The van der Waals surface area contributed by atoms with E-state index in [1.807, 2.05) is 0 Å². The third-order valence-electron chi connectivity index (χ3n) is 10.1. The Morgan fingerprint density at radius 3 is 2.29 bits per heavy atom. The Bertz CT molecular complexity index is 823. The van der Waals surface area contributed by atoms with Gasteiger partial charge >= 0.3 is 11.9 Å². The van der Waals surface area contributed by atoms with Crippen LogP contribution in [-0.4, -0.2) is 41.6 Å². The number of esters is 2. The van der Waals surface area contributed by atoms with Gasteiger partial charge in [0, 0.05) is 37.5 Å². The summed E-state index contributed by atoms with van der Waals surface area (Å²) in [6, 6.07) is 0. The third kappa shape index (κ3) is 2.89. The lowest BCUT2D eigenvalue weighted by molar-refractivity contribution is -0.194. The number of fused-ring (bicyclic) bond motifs is 4. The largest absolute Gasteiger partial charge is 0.462 e. The van der Waals surface area contributed by atoms with Crippen molar-refractivity contribution in [2.75, 3.05) is 0 Å². The topological polar surface area (TPSA) is 82.2 Å². The molecule has 1 saturated heterocycles. The van der Waals surface area contributed by atoms with Crippen LogP contribution in [0.25, 0.3) is 0 Å². The van der Waals surface area contributed by atoms with Gasteiger partial charge < -0.3 is 14.2 Å². The maximum Gasteiger partial charge on any atom is 0.302 e. The molecule has 1 heterocycles. The van der Waals surface area contributed by atoms with Gasteiger partial charge in [-0.15, -0.1) is 0 Å². The van der Waals surface area contributed by atoms with Crippen LogP contribution in [0.3, 0.4) is 0 Å². The number of hydrogen-bond donors (Lipinski definition) is 0. The highest BCUT2D eigenvalue weighted by molar-refractivity contribution is 5.79. The molecular weight excluding hydrogens is 396 g/mol. The summed E-state index contributed by atoms with van der Waals surface area (Å²) in [4.78, 5) is 36.2. The third-order valence-corrected chi connectivity index (χ3v) is 10.1. The summed E-state index contributed by atoms with van der Waals surface area (Å²) < 4.78 is 18.1. The van der Waals surface area contributed by atoms with Gasteiger partial charge in [0.2, 0.25) is 0 Å². The number of ketones is 1. The highest BCUT2D eigenvalue weighted by Gasteiger charge is 2.78. The zero-order valence-corrected chi connectivity index (χ0v) is 19.4. The van der Waals surface area contributed by atoms with E-state index in [1.165, 1.54) is 13.8 Å². The highest BCUT2D eigenvalue weighted by Crippen LogP contribution is 2.74.